The Morgan fingerprint density at radius 1 is 0.360 bits per heavy atom. The Labute approximate surface area is 287 Å². The summed E-state index contributed by atoms with van der Waals surface area (Å²) in [5.41, 5.74) is 8.51. The van der Waals surface area contributed by atoms with Gasteiger partial charge in [-0.2, -0.15) is 0 Å². The van der Waals surface area contributed by atoms with E-state index in [-0.39, 0.29) is 0 Å². The van der Waals surface area contributed by atoms with Crippen molar-refractivity contribution in [3.8, 4) is 22.9 Å². The van der Waals surface area contributed by atoms with Gasteiger partial charge in [0.25, 0.3) is 0 Å². The van der Waals surface area contributed by atoms with Gasteiger partial charge in [0.1, 0.15) is 0 Å². The van der Waals surface area contributed by atoms with E-state index in [1.54, 1.807) is 0 Å². The maximum absolute atomic E-state index is 5.37. The average molecular weight is 637 g/mol. The van der Waals surface area contributed by atoms with Crippen LogP contribution >= 0.6 is 0 Å². The van der Waals surface area contributed by atoms with Crippen molar-refractivity contribution in [2.24, 2.45) is 0 Å². The summed E-state index contributed by atoms with van der Waals surface area (Å²) < 4.78 is 4.68. The number of benzene rings is 8. The summed E-state index contributed by atoms with van der Waals surface area (Å²) in [6.07, 6.45) is 0. The lowest BCUT2D eigenvalue weighted by atomic mass is 10.0. The molecule has 0 aliphatic heterocycles. The second-order valence-electron chi connectivity index (χ2n) is 13.0. The molecule has 4 nitrogen and oxygen atoms in total. The molecule has 232 valence electrons. The predicted molar refractivity (Wildman–Crippen MR) is 209 cm³/mol. The minimum absolute atomic E-state index is 0.656. The molecule has 0 saturated heterocycles. The fourth-order valence-corrected chi connectivity index (χ4v) is 8.04. The third-order valence-corrected chi connectivity index (χ3v) is 10.3. The van der Waals surface area contributed by atoms with Crippen LogP contribution in [-0.4, -0.2) is 19.1 Å². The van der Waals surface area contributed by atoms with Crippen LogP contribution < -0.4 is 0 Å². The summed E-state index contributed by atoms with van der Waals surface area (Å²) in [6, 6.07) is 60.7. The van der Waals surface area contributed by atoms with Crippen molar-refractivity contribution in [2.75, 3.05) is 0 Å². The molecule has 0 saturated carbocycles. The summed E-state index contributed by atoms with van der Waals surface area (Å²) in [7, 11) is 0. The molecule has 0 unspecified atom stereocenters. The molecule has 4 heteroatoms. The van der Waals surface area contributed by atoms with E-state index in [0.717, 1.165) is 38.9 Å². The largest absolute Gasteiger partial charge is 0.309 e. The van der Waals surface area contributed by atoms with E-state index in [2.05, 4.69) is 173 Å². The molecule has 0 amide bonds. The lowest BCUT2D eigenvalue weighted by Crippen LogP contribution is -2.04. The van der Waals surface area contributed by atoms with Crippen molar-refractivity contribution in [1.29, 1.82) is 0 Å². The first-order valence-corrected chi connectivity index (χ1v) is 17.0. The number of rotatable bonds is 3. The fraction of sp³-hybridized carbons (Fsp3) is 0. The summed E-state index contributed by atoms with van der Waals surface area (Å²) in [5, 5.41) is 10.8. The molecular formula is C46H28N4. The van der Waals surface area contributed by atoms with Gasteiger partial charge in [0, 0.05) is 38.2 Å². The SMILES string of the molecule is c1ccc(-c2nc(-n3c4cc(-n5c6ccccc6c6cc7ccccc7cc65)ccc4c4c5ccccc5ccc43)nc3ccccc23)cc1. The average Bonchev–Trinajstić information content (AvgIpc) is 3.69. The molecule has 0 bridgehead atoms. The molecule has 50 heavy (non-hydrogen) atoms. The monoisotopic (exact) mass is 636 g/mol. The second kappa shape index (κ2) is 10.4. The Bertz CT molecular complexity index is 3150. The molecule has 3 heterocycles. The van der Waals surface area contributed by atoms with Crippen LogP contribution in [0.3, 0.4) is 0 Å². The van der Waals surface area contributed by atoms with Gasteiger partial charge in [0.05, 0.1) is 33.3 Å². The molecule has 3 aromatic heterocycles. The van der Waals surface area contributed by atoms with E-state index in [1.165, 1.54) is 54.1 Å². The first-order valence-electron chi connectivity index (χ1n) is 17.0. The number of hydrogen-bond donors (Lipinski definition) is 0. The van der Waals surface area contributed by atoms with E-state index >= 15 is 0 Å². The molecule has 0 atom stereocenters. The van der Waals surface area contributed by atoms with E-state index in [9.17, 15) is 0 Å². The van der Waals surface area contributed by atoms with E-state index in [4.69, 9.17) is 9.97 Å². The van der Waals surface area contributed by atoms with E-state index < -0.39 is 0 Å². The van der Waals surface area contributed by atoms with Crippen LogP contribution in [0.2, 0.25) is 0 Å². The Morgan fingerprint density at radius 3 is 1.90 bits per heavy atom. The topological polar surface area (TPSA) is 35.6 Å². The van der Waals surface area contributed by atoms with Gasteiger partial charge >= 0.3 is 0 Å². The second-order valence-corrected chi connectivity index (χ2v) is 13.0. The van der Waals surface area contributed by atoms with Gasteiger partial charge in [-0.15, -0.1) is 0 Å². The smallest absolute Gasteiger partial charge is 0.235 e. The molecule has 0 fully saturated rings. The molecule has 0 N–H and O–H groups in total. The quantitative estimate of drug-likeness (QED) is 0.193. The van der Waals surface area contributed by atoms with Crippen LogP contribution in [0.25, 0.3) is 99.0 Å². The van der Waals surface area contributed by atoms with E-state index in [0.29, 0.717) is 5.95 Å². The molecule has 0 aliphatic carbocycles. The first-order chi connectivity index (χ1) is 24.8. The number of para-hydroxylation sites is 2. The highest BCUT2D eigenvalue weighted by Gasteiger charge is 2.21. The Balaban J connectivity index is 1.27. The number of fused-ring (bicyclic) bond motifs is 10. The third kappa shape index (κ3) is 3.87. The van der Waals surface area contributed by atoms with Gasteiger partial charge in [0.2, 0.25) is 5.95 Å². The minimum atomic E-state index is 0.656. The zero-order chi connectivity index (χ0) is 32.8. The third-order valence-electron chi connectivity index (χ3n) is 10.3. The van der Waals surface area contributed by atoms with Crippen LogP contribution in [0.4, 0.5) is 0 Å². The molecule has 0 aliphatic rings. The standard InChI is InChI=1S/C46H28N4/c1-2-13-30(14-3-1)45-36-19-8-10-20-39(36)47-46(48-45)50-41-25-22-29-12-6-7-17-34(29)44(41)37-24-23-33(28-43(37)50)49-40-21-11-9-18-35(40)38-26-31-15-4-5-16-32(31)27-42(38)49/h1-28H. The minimum Gasteiger partial charge on any atom is -0.309 e. The van der Waals surface area contributed by atoms with E-state index in [1.807, 2.05) is 6.07 Å². The normalized spacial score (nSPS) is 12.0. The summed E-state index contributed by atoms with van der Waals surface area (Å²) in [4.78, 5) is 10.6. The van der Waals surface area contributed by atoms with Crippen molar-refractivity contribution in [1.82, 2.24) is 19.1 Å². The molecule has 8 aromatic carbocycles. The number of aromatic nitrogens is 4. The van der Waals surface area contributed by atoms with Gasteiger partial charge in [-0.3, -0.25) is 4.57 Å². The lowest BCUT2D eigenvalue weighted by molar-refractivity contribution is 1.01. The molecule has 11 aromatic rings. The number of nitrogens with zero attached hydrogens (tertiary/aromatic N) is 4. The Morgan fingerprint density at radius 2 is 1.04 bits per heavy atom. The zero-order valence-corrected chi connectivity index (χ0v) is 27.0. The van der Waals surface area contributed by atoms with Crippen LogP contribution in [-0.2, 0) is 0 Å². The summed E-state index contributed by atoms with van der Waals surface area (Å²) >= 11 is 0. The van der Waals surface area contributed by atoms with Crippen molar-refractivity contribution in [2.45, 2.75) is 0 Å². The van der Waals surface area contributed by atoms with Crippen molar-refractivity contribution >= 4 is 76.1 Å². The van der Waals surface area contributed by atoms with Gasteiger partial charge in [-0.05, 0) is 64.0 Å². The van der Waals surface area contributed by atoms with Crippen molar-refractivity contribution in [3.63, 3.8) is 0 Å². The first kappa shape index (κ1) is 27.2. The van der Waals surface area contributed by atoms with Gasteiger partial charge in [-0.25, -0.2) is 9.97 Å². The summed E-state index contributed by atoms with van der Waals surface area (Å²) in [6.45, 7) is 0. The van der Waals surface area contributed by atoms with Crippen LogP contribution in [0.1, 0.15) is 0 Å². The maximum Gasteiger partial charge on any atom is 0.235 e. The van der Waals surface area contributed by atoms with Crippen LogP contribution in [0, 0.1) is 0 Å². The van der Waals surface area contributed by atoms with Gasteiger partial charge in [0.15, 0.2) is 0 Å². The lowest BCUT2D eigenvalue weighted by Gasteiger charge is -2.13. The zero-order valence-electron chi connectivity index (χ0n) is 27.0. The van der Waals surface area contributed by atoms with Crippen molar-refractivity contribution in [3.05, 3.63) is 170 Å². The highest BCUT2D eigenvalue weighted by Crippen LogP contribution is 2.40. The maximum atomic E-state index is 5.37. The van der Waals surface area contributed by atoms with Crippen LogP contribution in [0.5, 0.6) is 0 Å². The fourth-order valence-electron chi connectivity index (χ4n) is 8.04. The van der Waals surface area contributed by atoms with Gasteiger partial charge < -0.3 is 4.57 Å². The highest BCUT2D eigenvalue weighted by molar-refractivity contribution is 6.22. The van der Waals surface area contributed by atoms with Gasteiger partial charge in [-0.1, -0.05) is 127 Å². The van der Waals surface area contributed by atoms with Crippen molar-refractivity contribution < 1.29 is 0 Å². The molecular weight excluding hydrogens is 609 g/mol. The highest BCUT2D eigenvalue weighted by atomic mass is 15.2. The Hall–Kier alpha value is -6.78. The molecule has 0 radical (unpaired) electrons. The van der Waals surface area contributed by atoms with Crippen LogP contribution in [0.15, 0.2) is 170 Å². The molecule has 11 rings (SSSR count). The Kier molecular flexibility index (Phi) is 5.63. The molecule has 0 spiro atoms. The summed E-state index contributed by atoms with van der Waals surface area (Å²) in [5.74, 6) is 0.656. The number of hydrogen-bond acceptors (Lipinski definition) is 2. The predicted octanol–water partition coefficient (Wildman–Crippen LogP) is 11.8.